The van der Waals surface area contributed by atoms with E-state index in [1.165, 1.54) is 10.4 Å². The molecule has 0 radical (unpaired) electrons. The molecule has 0 spiro atoms. The zero-order valence-corrected chi connectivity index (χ0v) is 14.4. The van der Waals surface area contributed by atoms with Crippen LogP contribution in [0.4, 0.5) is 5.69 Å². The highest BCUT2D eigenvalue weighted by atomic mass is 32.1. The second-order valence-electron chi connectivity index (χ2n) is 5.45. The standard InChI is InChI=1S/C20H22N2OS/c1-2-7-17(8-3-1)16-23-20-11-5-4-10-19(20)22-13-12-21-15-18-9-6-14-24-18/h1-11,14,21-22H,12-13,15-16H2. The minimum absolute atomic E-state index is 0.580. The van der Waals surface area contributed by atoms with Gasteiger partial charge in [-0.1, -0.05) is 48.5 Å². The molecule has 3 rings (SSSR count). The van der Waals surface area contributed by atoms with Crippen molar-refractivity contribution in [3.8, 4) is 5.75 Å². The second-order valence-corrected chi connectivity index (χ2v) is 6.49. The quantitative estimate of drug-likeness (QED) is 0.563. The van der Waals surface area contributed by atoms with E-state index in [9.17, 15) is 0 Å². The number of rotatable bonds is 9. The maximum atomic E-state index is 5.96. The molecule has 1 aromatic heterocycles. The highest BCUT2D eigenvalue weighted by molar-refractivity contribution is 7.09. The lowest BCUT2D eigenvalue weighted by Crippen LogP contribution is -2.21. The van der Waals surface area contributed by atoms with Crippen LogP contribution in [0.3, 0.4) is 0 Å². The van der Waals surface area contributed by atoms with Gasteiger partial charge in [0.1, 0.15) is 12.4 Å². The van der Waals surface area contributed by atoms with Gasteiger partial charge in [-0.05, 0) is 29.1 Å². The van der Waals surface area contributed by atoms with Gasteiger partial charge in [0.15, 0.2) is 0 Å². The van der Waals surface area contributed by atoms with E-state index in [4.69, 9.17) is 4.74 Å². The van der Waals surface area contributed by atoms with E-state index >= 15 is 0 Å². The van der Waals surface area contributed by atoms with Crippen LogP contribution >= 0.6 is 11.3 Å². The molecule has 0 bridgehead atoms. The van der Waals surface area contributed by atoms with Gasteiger partial charge in [0.25, 0.3) is 0 Å². The number of anilines is 1. The van der Waals surface area contributed by atoms with Crippen molar-refractivity contribution in [3.63, 3.8) is 0 Å². The maximum absolute atomic E-state index is 5.96. The summed E-state index contributed by atoms with van der Waals surface area (Å²) in [6.45, 7) is 3.27. The molecule has 0 amide bonds. The molecule has 2 N–H and O–H groups in total. The van der Waals surface area contributed by atoms with Gasteiger partial charge in [0.05, 0.1) is 5.69 Å². The van der Waals surface area contributed by atoms with Crippen molar-refractivity contribution >= 4 is 17.0 Å². The lowest BCUT2D eigenvalue weighted by molar-refractivity contribution is 0.307. The Bertz CT molecular complexity index is 714. The van der Waals surface area contributed by atoms with Crippen molar-refractivity contribution in [3.05, 3.63) is 82.6 Å². The summed E-state index contributed by atoms with van der Waals surface area (Å²) < 4.78 is 5.96. The molecule has 0 aliphatic rings. The number of benzene rings is 2. The van der Waals surface area contributed by atoms with Crippen LogP contribution in [0.1, 0.15) is 10.4 Å². The summed E-state index contributed by atoms with van der Waals surface area (Å²) in [4.78, 5) is 1.36. The van der Waals surface area contributed by atoms with E-state index < -0.39 is 0 Å². The lowest BCUT2D eigenvalue weighted by Gasteiger charge is -2.13. The Labute approximate surface area is 147 Å². The molecule has 4 heteroatoms. The smallest absolute Gasteiger partial charge is 0.142 e. The summed E-state index contributed by atoms with van der Waals surface area (Å²) in [5.74, 6) is 0.889. The van der Waals surface area contributed by atoms with E-state index in [0.717, 1.165) is 31.1 Å². The normalized spacial score (nSPS) is 10.5. The first kappa shape index (κ1) is 16.6. The first-order valence-corrected chi connectivity index (χ1v) is 9.02. The Hall–Kier alpha value is -2.30. The molecule has 0 aliphatic heterocycles. The molecule has 0 saturated heterocycles. The van der Waals surface area contributed by atoms with E-state index in [1.54, 1.807) is 11.3 Å². The number of hydrogen-bond donors (Lipinski definition) is 2. The van der Waals surface area contributed by atoms with Crippen molar-refractivity contribution in [1.82, 2.24) is 5.32 Å². The molecule has 0 fully saturated rings. The summed E-state index contributed by atoms with van der Waals surface area (Å²) in [7, 11) is 0. The minimum Gasteiger partial charge on any atom is -0.487 e. The van der Waals surface area contributed by atoms with Crippen LogP contribution in [0.15, 0.2) is 72.1 Å². The molecule has 3 nitrogen and oxygen atoms in total. The van der Waals surface area contributed by atoms with Crippen LogP contribution in [0, 0.1) is 0 Å². The number of thiophene rings is 1. The Morgan fingerprint density at radius 2 is 1.67 bits per heavy atom. The third kappa shape index (κ3) is 5.11. The van der Waals surface area contributed by atoms with E-state index in [0.29, 0.717) is 6.61 Å². The Morgan fingerprint density at radius 1 is 0.833 bits per heavy atom. The molecule has 2 aromatic carbocycles. The van der Waals surface area contributed by atoms with Gasteiger partial charge >= 0.3 is 0 Å². The van der Waals surface area contributed by atoms with Gasteiger partial charge in [0.2, 0.25) is 0 Å². The summed E-state index contributed by atoms with van der Waals surface area (Å²) in [6, 6.07) is 22.5. The van der Waals surface area contributed by atoms with Crippen molar-refractivity contribution < 1.29 is 4.74 Å². The molecular weight excluding hydrogens is 316 g/mol. The summed E-state index contributed by atoms with van der Waals surface area (Å²) in [6.07, 6.45) is 0. The molecule has 124 valence electrons. The topological polar surface area (TPSA) is 33.3 Å². The van der Waals surface area contributed by atoms with Crippen LogP contribution in [0.25, 0.3) is 0 Å². The summed E-state index contributed by atoms with van der Waals surface area (Å²) >= 11 is 1.78. The van der Waals surface area contributed by atoms with Crippen LogP contribution in [-0.2, 0) is 13.2 Å². The molecule has 0 saturated carbocycles. The number of ether oxygens (including phenoxy) is 1. The average Bonchev–Trinajstić information content (AvgIpc) is 3.15. The monoisotopic (exact) mass is 338 g/mol. The van der Waals surface area contributed by atoms with Gasteiger partial charge in [0, 0.05) is 24.5 Å². The predicted molar refractivity (Wildman–Crippen MR) is 102 cm³/mol. The SMILES string of the molecule is c1ccc(COc2ccccc2NCCNCc2cccs2)cc1. The van der Waals surface area contributed by atoms with Crippen LogP contribution in [0.5, 0.6) is 5.75 Å². The van der Waals surface area contributed by atoms with E-state index in [2.05, 4.69) is 46.3 Å². The number of hydrogen-bond acceptors (Lipinski definition) is 4. The van der Waals surface area contributed by atoms with Crippen LogP contribution in [-0.4, -0.2) is 13.1 Å². The average molecular weight is 338 g/mol. The van der Waals surface area contributed by atoms with Gasteiger partial charge in [-0.25, -0.2) is 0 Å². The van der Waals surface area contributed by atoms with Crippen LogP contribution in [0.2, 0.25) is 0 Å². The highest BCUT2D eigenvalue weighted by Crippen LogP contribution is 2.24. The third-order valence-electron chi connectivity index (χ3n) is 3.62. The summed E-state index contributed by atoms with van der Waals surface area (Å²) in [5.41, 5.74) is 2.20. The number of para-hydroxylation sites is 2. The predicted octanol–water partition coefficient (Wildman–Crippen LogP) is 4.53. The van der Waals surface area contributed by atoms with E-state index in [-0.39, 0.29) is 0 Å². The highest BCUT2D eigenvalue weighted by Gasteiger charge is 2.02. The molecule has 0 aliphatic carbocycles. The largest absolute Gasteiger partial charge is 0.487 e. The molecular formula is C20H22N2OS. The van der Waals surface area contributed by atoms with Gasteiger partial charge < -0.3 is 15.4 Å². The van der Waals surface area contributed by atoms with Crippen molar-refractivity contribution in [2.24, 2.45) is 0 Å². The fourth-order valence-corrected chi connectivity index (χ4v) is 3.06. The molecule has 0 atom stereocenters. The molecule has 24 heavy (non-hydrogen) atoms. The fraction of sp³-hybridized carbons (Fsp3) is 0.200. The number of nitrogens with one attached hydrogen (secondary N) is 2. The van der Waals surface area contributed by atoms with Crippen molar-refractivity contribution in [2.45, 2.75) is 13.2 Å². The van der Waals surface area contributed by atoms with Crippen molar-refractivity contribution in [1.29, 1.82) is 0 Å². The first-order chi connectivity index (χ1) is 11.9. The third-order valence-corrected chi connectivity index (χ3v) is 4.50. The van der Waals surface area contributed by atoms with E-state index in [1.807, 2.05) is 36.4 Å². The van der Waals surface area contributed by atoms with Gasteiger partial charge in [-0.2, -0.15) is 0 Å². The molecule has 1 heterocycles. The van der Waals surface area contributed by atoms with Crippen LogP contribution < -0.4 is 15.4 Å². The Kier molecular flexibility index (Phi) is 6.28. The molecule has 3 aromatic rings. The Balaban J connectivity index is 1.45. The minimum atomic E-state index is 0.580. The summed E-state index contributed by atoms with van der Waals surface area (Å²) in [5, 5.41) is 8.99. The van der Waals surface area contributed by atoms with Gasteiger partial charge in [-0.15, -0.1) is 11.3 Å². The fourth-order valence-electron chi connectivity index (χ4n) is 2.38. The zero-order valence-electron chi connectivity index (χ0n) is 13.6. The lowest BCUT2D eigenvalue weighted by atomic mass is 10.2. The zero-order chi connectivity index (χ0) is 16.5. The molecule has 0 unspecified atom stereocenters. The first-order valence-electron chi connectivity index (χ1n) is 8.14. The Morgan fingerprint density at radius 3 is 2.50 bits per heavy atom. The van der Waals surface area contributed by atoms with Gasteiger partial charge in [-0.3, -0.25) is 0 Å². The van der Waals surface area contributed by atoms with Crippen molar-refractivity contribution in [2.75, 3.05) is 18.4 Å². The maximum Gasteiger partial charge on any atom is 0.142 e. The second kappa shape index (κ2) is 9.11.